The molecule has 1 aliphatic carbocycles. The highest BCUT2D eigenvalue weighted by Gasteiger charge is 2.26. The molecular weight excluding hydrogens is 310 g/mol. The summed E-state index contributed by atoms with van der Waals surface area (Å²) in [7, 11) is 4.12. The number of benzene rings is 1. The van der Waals surface area contributed by atoms with E-state index in [1.165, 1.54) is 12.8 Å². The summed E-state index contributed by atoms with van der Waals surface area (Å²) in [5.74, 6) is 0.275. The van der Waals surface area contributed by atoms with Crippen LogP contribution in [0.4, 0.5) is 5.69 Å². The van der Waals surface area contributed by atoms with Crippen LogP contribution in [0.3, 0.4) is 0 Å². The summed E-state index contributed by atoms with van der Waals surface area (Å²) in [6.07, 6.45) is 6.11. The number of rotatable bonds is 7. The minimum absolute atomic E-state index is 0. The third-order valence-corrected chi connectivity index (χ3v) is 4.54. The second kappa shape index (κ2) is 9.78. The van der Waals surface area contributed by atoms with Crippen molar-refractivity contribution in [1.29, 1.82) is 0 Å². The van der Waals surface area contributed by atoms with E-state index in [2.05, 4.69) is 23.9 Å². The Bertz CT molecular complexity index is 487. The molecule has 130 valence electrons. The van der Waals surface area contributed by atoms with Crippen LogP contribution in [0.15, 0.2) is 24.3 Å². The molecule has 0 bridgehead atoms. The van der Waals surface area contributed by atoms with E-state index in [1.807, 2.05) is 24.3 Å². The first-order valence-electron chi connectivity index (χ1n) is 8.35. The zero-order chi connectivity index (χ0) is 15.9. The largest absolute Gasteiger partial charge is 0.399 e. The smallest absolute Gasteiger partial charge is 0.223 e. The number of nitrogen functional groups attached to an aromatic ring is 1. The van der Waals surface area contributed by atoms with Gasteiger partial charge in [-0.25, -0.2) is 0 Å². The number of aryl methyl sites for hydroxylation is 1. The van der Waals surface area contributed by atoms with E-state index in [0.29, 0.717) is 12.5 Å². The van der Waals surface area contributed by atoms with Crippen molar-refractivity contribution >= 4 is 24.0 Å². The lowest BCUT2D eigenvalue weighted by molar-refractivity contribution is -0.133. The maximum absolute atomic E-state index is 12.7. The summed E-state index contributed by atoms with van der Waals surface area (Å²) in [4.78, 5) is 17.0. The number of nitrogens with zero attached hydrogens (tertiary/aromatic N) is 2. The molecular formula is C18H30ClN3O. The third kappa shape index (κ3) is 6.04. The van der Waals surface area contributed by atoms with Crippen molar-refractivity contribution in [1.82, 2.24) is 9.80 Å². The third-order valence-electron chi connectivity index (χ3n) is 4.54. The molecule has 1 aromatic carbocycles. The van der Waals surface area contributed by atoms with Crippen LogP contribution < -0.4 is 5.73 Å². The van der Waals surface area contributed by atoms with Crippen LogP contribution >= 0.6 is 12.4 Å². The van der Waals surface area contributed by atoms with E-state index in [-0.39, 0.29) is 18.3 Å². The van der Waals surface area contributed by atoms with E-state index >= 15 is 0 Å². The van der Waals surface area contributed by atoms with Gasteiger partial charge in [-0.3, -0.25) is 4.79 Å². The number of nitrogens with two attached hydrogens (primary N) is 1. The Balaban J connectivity index is 0.00000264. The fraction of sp³-hybridized carbons (Fsp3) is 0.611. The van der Waals surface area contributed by atoms with Gasteiger partial charge in [-0.15, -0.1) is 12.4 Å². The molecule has 4 nitrogen and oxygen atoms in total. The van der Waals surface area contributed by atoms with Gasteiger partial charge in [0.1, 0.15) is 0 Å². The van der Waals surface area contributed by atoms with Gasteiger partial charge in [0.2, 0.25) is 5.91 Å². The SMILES string of the molecule is CN(C)CCN(C(=O)CCc1ccccc1N)C1CCCC1.Cl. The predicted octanol–water partition coefficient (Wildman–Crippen LogP) is 2.96. The van der Waals surface area contributed by atoms with Gasteiger partial charge in [0, 0.05) is 31.2 Å². The molecule has 1 fully saturated rings. The molecule has 0 heterocycles. The summed E-state index contributed by atoms with van der Waals surface area (Å²) < 4.78 is 0. The van der Waals surface area contributed by atoms with Crippen LogP contribution in [-0.2, 0) is 11.2 Å². The van der Waals surface area contributed by atoms with Crippen molar-refractivity contribution in [2.75, 3.05) is 32.9 Å². The van der Waals surface area contributed by atoms with Gasteiger partial charge < -0.3 is 15.5 Å². The summed E-state index contributed by atoms with van der Waals surface area (Å²) in [6, 6.07) is 8.28. The molecule has 2 rings (SSSR count). The van der Waals surface area contributed by atoms with E-state index in [0.717, 1.165) is 43.6 Å². The van der Waals surface area contributed by atoms with Crippen molar-refractivity contribution in [3.8, 4) is 0 Å². The molecule has 1 saturated carbocycles. The molecule has 0 saturated heterocycles. The summed E-state index contributed by atoms with van der Waals surface area (Å²) in [5, 5.41) is 0. The molecule has 0 atom stereocenters. The van der Waals surface area contributed by atoms with Gasteiger partial charge in [0.15, 0.2) is 0 Å². The zero-order valence-corrected chi connectivity index (χ0v) is 15.1. The number of para-hydroxylation sites is 1. The molecule has 0 radical (unpaired) electrons. The van der Waals surface area contributed by atoms with Crippen molar-refractivity contribution < 1.29 is 4.79 Å². The fourth-order valence-electron chi connectivity index (χ4n) is 3.18. The topological polar surface area (TPSA) is 49.6 Å². The highest BCUT2D eigenvalue weighted by atomic mass is 35.5. The van der Waals surface area contributed by atoms with Crippen molar-refractivity contribution in [2.24, 2.45) is 0 Å². The molecule has 1 aliphatic rings. The van der Waals surface area contributed by atoms with Gasteiger partial charge in [-0.05, 0) is 45.0 Å². The summed E-state index contributed by atoms with van der Waals surface area (Å²) in [6.45, 7) is 1.76. The second-order valence-electron chi connectivity index (χ2n) is 6.53. The number of anilines is 1. The number of likely N-dealkylation sites (N-methyl/N-ethyl adjacent to an activating group) is 1. The summed E-state index contributed by atoms with van der Waals surface area (Å²) in [5.41, 5.74) is 7.84. The Hall–Kier alpha value is -1.26. The number of carbonyl (C=O) groups is 1. The quantitative estimate of drug-likeness (QED) is 0.777. The predicted molar refractivity (Wildman–Crippen MR) is 98.9 cm³/mol. The lowest BCUT2D eigenvalue weighted by Crippen LogP contribution is -2.42. The van der Waals surface area contributed by atoms with Gasteiger partial charge in [0.05, 0.1) is 0 Å². The highest BCUT2D eigenvalue weighted by Crippen LogP contribution is 2.24. The number of halogens is 1. The maximum atomic E-state index is 12.7. The van der Waals surface area contributed by atoms with Crippen LogP contribution in [0.1, 0.15) is 37.7 Å². The minimum atomic E-state index is 0. The Kier molecular flexibility index (Phi) is 8.42. The van der Waals surface area contributed by atoms with Crippen molar-refractivity contribution in [3.63, 3.8) is 0 Å². The standard InChI is InChI=1S/C18H29N3O.ClH/c1-20(2)13-14-21(16-8-4-5-9-16)18(22)12-11-15-7-3-6-10-17(15)19;/h3,6-7,10,16H,4-5,8-9,11-14,19H2,1-2H3;1H. The number of amides is 1. The lowest BCUT2D eigenvalue weighted by atomic mass is 10.1. The monoisotopic (exact) mass is 339 g/mol. The first-order chi connectivity index (χ1) is 10.6. The molecule has 1 aromatic rings. The molecule has 0 spiro atoms. The minimum Gasteiger partial charge on any atom is -0.399 e. The van der Waals surface area contributed by atoms with E-state index < -0.39 is 0 Å². The fourth-order valence-corrected chi connectivity index (χ4v) is 3.18. The zero-order valence-electron chi connectivity index (χ0n) is 14.3. The molecule has 23 heavy (non-hydrogen) atoms. The Morgan fingerprint density at radius 2 is 1.83 bits per heavy atom. The Morgan fingerprint density at radius 1 is 1.17 bits per heavy atom. The number of hydrogen-bond donors (Lipinski definition) is 1. The van der Waals surface area contributed by atoms with Crippen molar-refractivity contribution in [3.05, 3.63) is 29.8 Å². The highest BCUT2D eigenvalue weighted by molar-refractivity contribution is 5.85. The van der Waals surface area contributed by atoms with Crippen LogP contribution in [0.2, 0.25) is 0 Å². The van der Waals surface area contributed by atoms with Crippen LogP contribution in [0.25, 0.3) is 0 Å². The van der Waals surface area contributed by atoms with Gasteiger partial charge in [-0.1, -0.05) is 31.0 Å². The maximum Gasteiger partial charge on any atom is 0.223 e. The lowest BCUT2D eigenvalue weighted by Gasteiger charge is -2.30. The molecule has 0 aromatic heterocycles. The molecule has 0 unspecified atom stereocenters. The number of hydrogen-bond acceptors (Lipinski definition) is 3. The Labute approximate surface area is 146 Å². The van der Waals surface area contributed by atoms with E-state index in [4.69, 9.17) is 5.73 Å². The molecule has 0 aliphatic heterocycles. The molecule has 2 N–H and O–H groups in total. The van der Waals surface area contributed by atoms with Gasteiger partial charge >= 0.3 is 0 Å². The molecule has 5 heteroatoms. The van der Waals surface area contributed by atoms with Crippen LogP contribution in [0, 0.1) is 0 Å². The van der Waals surface area contributed by atoms with Crippen LogP contribution in [0.5, 0.6) is 0 Å². The number of carbonyl (C=O) groups excluding carboxylic acids is 1. The molecule has 1 amide bonds. The van der Waals surface area contributed by atoms with Crippen LogP contribution in [-0.4, -0.2) is 48.9 Å². The average Bonchev–Trinajstić information content (AvgIpc) is 3.00. The average molecular weight is 340 g/mol. The first-order valence-corrected chi connectivity index (χ1v) is 8.35. The summed E-state index contributed by atoms with van der Waals surface area (Å²) >= 11 is 0. The second-order valence-corrected chi connectivity index (χ2v) is 6.53. The van der Waals surface area contributed by atoms with Gasteiger partial charge in [0.25, 0.3) is 0 Å². The Morgan fingerprint density at radius 3 is 2.43 bits per heavy atom. The van der Waals surface area contributed by atoms with E-state index in [1.54, 1.807) is 0 Å². The van der Waals surface area contributed by atoms with Gasteiger partial charge in [-0.2, -0.15) is 0 Å². The normalized spacial score (nSPS) is 14.7. The first kappa shape index (κ1) is 19.8. The van der Waals surface area contributed by atoms with Crippen molar-refractivity contribution in [2.45, 2.75) is 44.6 Å². The van der Waals surface area contributed by atoms with E-state index in [9.17, 15) is 4.79 Å².